The molecule has 82 valence electrons. The molecule has 1 aliphatic carbocycles. The third kappa shape index (κ3) is 2.11. The predicted octanol–water partition coefficient (Wildman–Crippen LogP) is 1.63. The van der Waals surface area contributed by atoms with Crippen LogP contribution in [0, 0.1) is 5.82 Å². The summed E-state index contributed by atoms with van der Waals surface area (Å²) < 4.78 is 9.77. The van der Waals surface area contributed by atoms with Crippen molar-refractivity contribution in [2.75, 3.05) is 0 Å². The van der Waals surface area contributed by atoms with Crippen molar-refractivity contribution in [2.24, 2.45) is 0 Å². The number of fused-ring (bicyclic) bond motifs is 1. The van der Waals surface area contributed by atoms with Crippen LogP contribution in [0.2, 0.25) is 6.82 Å². The van der Waals surface area contributed by atoms with Gasteiger partial charge < -0.3 is 9.31 Å². The number of carbonyl (C=O) groups excluding carboxylic acids is 2. The smallest absolute Gasteiger partial charge is 0.556 e. The Morgan fingerprint density at radius 3 is 1.67 bits per heavy atom. The van der Waals surface area contributed by atoms with Gasteiger partial charge in [-0.05, 0) is 0 Å². The molecule has 5 heteroatoms. The van der Waals surface area contributed by atoms with Gasteiger partial charge in [0, 0.05) is 5.82 Å². The van der Waals surface area contributed by atoms with Gasteiger partial charge in [0.2, 0.25) is 0 Å². The van der Waals surface area contributed by atoms with Crippen molar-refractivity contribution in [3.8, 4) is 0 Å². The van der Waals surface area contributed by atoms with Gasteiger partial charge in [0.25, 0.3) is 0 Å². The Kier molecular flexibility index (Phi) is 2.63. The quantitative estimate of drug-likeness (QED) is 0.450. The molecular formula is C10H15BO4. The molecule has 0 N–H and O–H groups in total. The van der Waals surface area contributed by atoms with Gasteiger partial charge in [-0.3, -0.25) is 9.59 Å². The summed E-state index contributed by atoms with van der Waals surface area (Å²) in [4.78, 5) is 21.5. The van der Waals surface area contributed by atoms with Crippen LogP contribution in [0.25, 0.3) is 0 Å². The molecule has 2 heterocycles. The number of rotatable bonds is 0. The van der Waals surface area contributed by atoms with E-state index in [4.69, 9.17) is 9.31 Å². The third-order valence-corrected chi connectivity index (χ3v) is 3.20. The first kappa shape index (κ1) is 10.4. The first-order valence-corrected chi connectivity index (χ1v) is 5.57. The number of hydrogen-bond donors (Lipinski definition) is 0. The van der Waals surface area contributed by atoms with E-state index in [0.29, 0.717) is 0 Å². The lowest BCUT2D eigenvalue weighted by molar-refractivity contribution is -0.138. The largest absolute Gasteiger partial charge is 0.614 e. The average molecular weight is 210 g/mol. The van der Waals surface area contributed by atoms with Crippen molar-refractivity contribution < 1.29 is 18.9 Å². The van der Waals surface area contributed by atoms with E-state index in [-0.39, 0.29) is 24.8 Å². The zero-order valence-corrected chi connectivity index (χ0v) is 8.95. The highest BCUT2D eigenvalue weighted by Crippen LogP contribution is 2.39. The molecule has 0 aromatic carbocycles. The maximum Gasteiger partial charge on any atom is 0.556 e. The standard InChI is InChI=1S/C6H7BO4.C4H8/c1-7-4(2-5(8)10-7)3-6(9)11-7;1-2-4-3-1/h2-3H2,1H3;1-4H2. The van der Waals surface area contributed by atoms with E-state index in [0.717, 1.165) is 5.82 Å². The molecule has 1 saturated carbocycles. The lowest BCUT2D eigenvalue weighted by Crippen LogP contribution is -2.35. The van der Waals surface area contributed by atoms with Gasteiger partial charge in [-0.25, -0.2) is 0 Å². The van der Waals surface area contributed by atoms with E-state index in [9.17, 15) is 9.59 Å². The van der Waals surface area contributed by atoms with Gasteiger partial charge in [-0.2, -0.15) is 0 Å². The van der Waals surface area contributed by atoms with Crippen molar-refractivity contribution in [1.82, 2.24) is 0 Å². The molecule has 0 unspecified atom stereocenters. The molecule has 2 aliphatic heterocycles. The minimum absolute atomic E-state index is 0.252. The van der Waals surface area contributed by atoms with Crippen LogP contribution in [0.3, 0.4) is 0 Å². The molecule has 3 rings (SSSR count). The topological polar surface area (TPSA) is 52.6 Å². The highest BCUT2D eigenvalue weighted by Gasteiger charge is 2.60. The Morgan fingerprint density at radius 1 is 1.00 bits per heavy atom. The summed E-state index contributed by atoms with van der Waals surface area (Å²) in [6.07, 6.45) is 6.50. The molecule has 0 spiro atoms. The van der Waals surface area contributed by atoms with Crippen LogP contribution in [0.4, 0.5) is 0 Å². The molecule has 0 amide bonds. The van der Waals surface area contributed by atoms with Crippen LogP contribution in [-0.2, 0) is 18.9 Å². The fourth-order valence-electron chi connectivity index (χ4n) is 1.83. The molecule has 0 atom stereocenters. The molecule has 4 nitrogen and oxygen atoms in total. The third-order valence-electron chi connectivity index (χ3n) is 3.20. The van der Waals surface area contributed by atoms with Gasteiger partial charge in [-0.15, -0.1) is 0 Å². The van der Waals surface area contributed by atoms with Crippen LogP contribution < -0.4 is 0 Å². The number of hydrogen-bond acceptors (Lipinski definition) is 4. The zero-order valence-electron chi connectivity index (χ0n) is 8.95. The minimum atomic E-state index is -1.68. The Morgan fingerprint density at radius 2 is 1.40 bits per heavy atom. The molecule has 0 aromatic heterocycles. The maximum atomic E-state index is 10.7. The Labute approximate surface area is 89.3 Å². The maximum absolute atomic E-state index is 10.7. The van der Waals surface area contributed by atoms with E-state index in [1.807, 2.05) is 0 Å². The van der Waals surface area contributed by atoms with Crippen LogP contribution in [0.5, 0.6) is 0 Å². The first-order chi connectivity index (χ1) is 7.10. The SMILES string of the molecule is C1CCC1.C[B-]12OC(=O)C[C+]1CC(=O)O2. The van der Waals surface area contributed by atoms with Crippen LogP contribution in [0.15, 0.2) is 0 Å². The second kappa shape index (κ2) is 3.79. The summed E-state index contributed by atoms with van der Waals surface area (Å²) in [6.45, 7) is -0.0181. The second-order valence-electron chi connectivity index (χ2n) is 4.50. The van der Waals surface area contributed by atoms with E-state index in [1.54, 1.807) is 6.82 Å². The molecule has 3 fully saturated rings. The molecule has 15 heavy (non-hydrogen) atoms. The van der Waals surface area contributed by atoms with E-state index in [1.165, 1.54) is 25.7 Å². The van der Waals surface area contributed by atoms with Crippen molar-refractivity contribution in [3.63, 3.8) is 0 Å². The fourth-order valence-corrected chi connectivity index (χ4v) is 1.83. The average Bonchev–Trinajstić information content (AvgIpc) is 2.32. The second-order valence-corrected chi connectivity index (χ2v) is 4.50. The van der Waals surface area contributed by atoms with Gasteiger partial charge in [0.1, 0.15) is 12.8 Å². The summed E-state index contributed by atoms with van der Waals surface area (Å²) >= 11 is 0. The van der Waals surface area contributed by atoms with Crippen molar-refractivity contribution in [3.05, 3.63) is 5.82 Å². The summed E-state index contributed by atoms with van der Waals surface area (Å²) in [7, 11) is 0. The Balaban J connectivity index is 0.000000179. The van der Waals surface area contributed by atoms with Gasteiger partial charge in [0.15, 0.2) is 0 Å². The van der Waals surface area contributed by atoms with Crippen LogP contribution >= 0.6 is 0 Å². The molecule has 0 aromatic rings. The predicted molar refractivity (Wildman–Crippen MR) is 54.7 cm³/mol. The van der Waals surface area contributed by atoms with Crippen LogP contribution in [0.1, 0.15) is 38.5 Å². The minimum Gasteiger partial charge on any atom is -0.614 e. The normalized spacial score (nSPS) is 25.8. The van der Waals surface area contributed by atoms with E-state index >= 15 is 0 Å². The molecule has 2 saturated heterocycles. The van der Waals surface area contributed by atoms with Crippen molar-refractivity contribution in [2.45, 2.75) is 45.3 Å². The monoisotopic (exact) mass is 210 g/mol. The Bertz CT molecular complexity index is 261. The van der Waals surface area contributed by atoms with Gasteiger partial charge >= 0.3 is 18.5 Å². The van der Waals surface area contributed by atoms with Crippen molar-refractivity contribution >= 4 is 18.5 Å². The summed E-state index contributed by atoms with van der Waals surface area (Å²) in [5.41, 5.74) is 0. The number of carbonyl (C=O) groups is 2. The molecule has 3 aliphatic rings. The molecule has 0 radical (unpaired) electrons. The highest BCUT2D eigenvalue weighted by atomic mass is 16.7. The van der Waals surface area contributed by atoms with Gasteiger partial charge in [0.05, 0.1) is 0 Å². The zero-order chi connectivity index (χ0) is 10.9. The molecule has 0 bridgehead atoms. The first-order valence-electron chi connectivity index (χ1n) is 5.57. The van der Waals surface area contributed by atoms with E-state index < -0.39 is 6.55 Å². The van der Waals surface area contributed by atoms with Crippen molar-refractivity contribution in [1.29, 1.82) is 0 Å². The van der Waals surface area contributed by atoms with E-state index in [2.05, 4.69) is 0 Å². The summed E-state index contributed by atoms with van der Waals surface area (Å²) in [5, 5.41) is 0. The summed E-state index contributed by atoms with van der Waals surface area (Å²) in [5.74, 6) is 0.241. The lowest BCUT2D eigenvalue weighted by atomic mass is 9.51. The van der Waals surface area contributed by atoms with Crippen LogP contribution in [-0.4, -0.2) is 18.5 Å². The molecular weight excluding hydrogens is 195 g/mol. The Hall–Kier alpha value is -1.13. The lowest BCUT2D eigenvalue weighted by Gasteiger charge is -2.18. The van der Waals surface area contributed by atoms with Gasteiger partial charge in [-0.1, -0.05) is 32.5 Å². The summed E-state index contributed by atoms with van der Waals surface area (Å²) in [6, 6.07) is 0. The highest BCUT2D eigenvalue weighted by molar-refractivity contribution is 6.78. The fraction of sp³-hybridized carbons (Fsp3) is 0.700.